The molecule has 0 fully saturated rings. The lowest BCUT2D eigenvalue weighted by atomic mass is 9.83. The third kappa shape index (κ3) is 1.95. The fraction of sp³-hybridized carbons (Fsp3) is 0.294. The molecule has 1 heterocycles. The summed E-state index contributed by atoms with van der Waals surface area (Å²) in [6.07, 6.45) is 1.20. The van der Waals surface area contributed by atoms with Gasteiger partial charge in [-0.2, -0.15) is 0 Å². The molecule has 2 atom stereocenters. The van der Waals surface area contributed by atoms with Crippen LogP contribution in [0, 0.1) is 0 Å². The second-order valence-corrected chi connectivity index (χ2v) is 4.99. The molecule has 0 aliphatic carbocycles. The summed E-state index contributed by atoms with van der Waals surface area (Å²) < 4.78 is 0. The van der Waals surface area contributed by atoms with Crippen LogP contribution in [0.25, 0.3) is 0 Å². The van der Waals surface area contributed by atoms with Gasteiger partial charge in [0, 0.05) is 6.54 Å². The highest BCUT2D eigenvalue weighted by Gasteiger charge is 2.25. The zero-order valence-electron chi connectivity index (χ0n) is 10.8. The van der Waals surface area contributed by atoms with Crippen LogP contribution in [0.2, 0.25) is 0 Å². The van der Waals surface area contributed by atoms with Gasteiger partial charge in [0.05, 0.1) is 6.04 Å². The van der Waals surface area contributed by atoms with Gasteiger partial charge in [0.25, 0.3) is 0 Å². The Hall–Kier alpha value is -1.60. The van der Waals surface area contributed by atoms with Crippen molar-refractivity contribution >= 4 is 0 Å². The first-order valence-corrected chi connectivity index (χ1v) is 6.77. The molecule has 1 nitrogen and oxygen atoms in total. The number of hydrogen-bond donors (Lipinski definition) is 1. The molecule has 1 aliphatic rings. The van der Waals surface area contributed by atoms with Crippen molar-refractivity contribution in [2.45, 2.75) is 25.3 Å². The van der Waals surface area contributed by atoms with Crippen molar-refractivity contribution < 1.29 is 0 Å². The van der Waals surface area contributed by atoms with Crippen LogP contribution in [0.1, 0.15) is 42.0 Å². The van der Waals surface area contributed by atoms with E-state index in [0.717, 1.165) is 6.54 Å². The quantitative estimate of drug-likeness (QED) is 0.836. The summed E-state index contributed by atoms with van der Waals surface area (Å²) in [5.74, 6) is 0.654. The Morgan fingerprint density at radius 3 is 2.33 bits per heavy atom. The maximum Gasteiger partial charge on any atom is 0.0579 e. The summed E-state index contributed by atoms with van der Waals surface area (Å²) in [6.45, 7) is 3.35. The molecule has 0 saturated carbocycles. The predicted octanol–water partition coefficient (Wildman–Crippen LogP) is 3.87. The third-order valence-electron chi connectivity index (χ3n) is 3.94. The monoisotopic (exact) mass is 237 g/mol. The van der Waals surface area contributed by atoms with Crippen LogP contribution in [0.5, 0.6) is 0 Å². The minimum atomic E-state index is 0.352. The Labute approximate surface area is 109 Å². The summed E-state index contributed by atoms with van der Waals surface area (Å²) in [5.41, 5.74) is 4.33. The zero-order valence-corrected chi connectivity index (χ0v) is 10.8. The van der Waals surface area contributed by atoms with Gasteiger partial charge in [0.1, 0.15) is 0 Å². The highest BCUT2D eigenvalue weighted by atomic mass is 14.9. The maximum atomic E-state index is 3.69. The number of hydrogen-bond acceptors (Lipinski definition) is 1. The van der Waals surface area contributed by atoms with Crippen LogP contribution in [0.4, 0.5) is 0 Å². The first-order chi connectivity index (χ1) is 8.90. The predicted molar refractivity (Wildman–Crippen MR) is 75.8 cm³/mol. The standard InChI is InChI=1S/C17H19N/c1-2-13-12-18-17(14-8-4-3-5-9-14)16-11-7-6-10-15(13)16/h3-11,13,17-18H,2,12H2,1H3/t13-,17+/m0/s1. The van der Waals surface area contributed by atoms with Crippen LogP contribution in [-0.2, 0) is 0 Å². The lowest BCUT2D eigenvalue weighted by Crippen LogP contribution is -2.33. The first kappa shape index (κ1) is 11.5. The SMILES string of the molecule is CC[C@H]1CN[C@H](c2ccccc2)c2ccccc21. The maximum absolute atomic E-state index is 3.69. The molecule has 1 N–H and O–H groups in total. The summed E-state index contributed by atoms with van der Waals surface area (Å²) in [7, 11) is 0. The van der Waals surface area contributed by atoms with Crippen molar-refractivity contribution in [3.63, 3.8) is 0 Å². The molecule has 3 rings (SSSR count). The normalized spacial score (nSPS) is 22.5. The fourth-order valence-corrected chi connectivity index (χ4v) is 2.93. The topological polar surface area (TPSA) is 12.0 Å². The van der Waals surface area contributed by atoms with Crippen molar-refractivity contribution in [2.24, 2.45) is 0 Å². The molecule has 18 heavy (non-hydrogen) atoms. The number of nitrogens with one attached hydrogen (secondary N) is 1. The minimum absolute atomic E-state index is 0.352. The number of rotatable bonds is 2. The van der Waals surface area contributed by atoms with Gasteiger partial charge in [-0.3, -0.25) is 0 Å². The number of fused-ring (bicyclic) bond motifs is 1. The van der Waals surface area contributed by atoms with E-state index in [0.29, 0.717) is 12.0 Å². The van der Waals surface area contributed by atoms with Crippen molar-refractivity contribution in [1.29, 1.82) is 0 Å². The largest absolute Gasteiger partial charge is 0.306 e. The molecular weight excluding hydrogens is 218 g/mol. The lowest BCUT2D eigenvalue weighted by Gasteiger charge is -2.32. The molecule has 0 bridgehead atoms. The van der Waals surface area contributed by atoms with Crippen molar-refractivity contribution in [1.82, 2.24) is 5.32 Å². The van der Waals surface area contributed by atoms with Crippen molar-refractivity contribution in [2.75, 3.05) is 6.54 Å². The Morgan fingerprint density at radius 1 is 0.944 bits per heavy atom. The molecule has 0 unspecified atom stereocenters. The molecule has 0 saturated heterocycles. The van der Waals surface area contributed by atoms with E-state index >= 15 is 0 Å². The minimum Gasteiger partial charge on any atom is -0.306 e. The van der Waals surface area contributed by atoms with Crippen LogP contribution >= 0.6 is 0 Å². The molecule has 0 spiro atoms. The van der Waals surface area contributed by atoms with Gasteiger partial charge < -0.3 is 5.32 Å². The second kappa shape index (κ2) is 4.95. The average Bonchev–Trinajstić information content (AvgIpc) is 2.47. The first-order valence-electron chi connectivity index (χ1n) is 6.77. The van der Waals surface area contributed by atoms with Crippen molar-refractivity contribution in [3.05, 3.63) is 71.3 Å². The molecule has 1 heteroatoms. The van der Waals surface area contributed by atoms with E-state index in [1.165, 1.54) is 23.1 Å². The molecular formula is C17H19N. The fourth-order valence-electron chi connectivity index (χ4n) is 2.93. The smallest absolute Gasteiger partial charge is 0.0579 e. The van der Waals surface area contributed by atoms with Gasteiger partial charge in [-0.05, 0) is 29.0 Å². The van der Waals surface area contributed by atoms with E-state index in [2.05, 4.69) is 66.8 Å². The summed E-state index contributed by atoms with van der Waals surface area (Å²) in [6, 6.07) is 19.9. The molecule has 2 aromatic rings. The average molecular weight is 237 g/mol. The second-order valence-electron chi connectivity index (χ2n) is 4.99. The summed E-state index contributed by atoms with van der Waals surface area (Å²) in [4.78, 5) is 0. The summed E-state index contributed by atoms with van der Waals surface area (Å²) >= 11 is 0. The van der Waals surface area contributed by atoms with Gasteiger partial charge in [-0.25, -0.2) is 0 Å². The molecule has 92 valence electrons. The van der Waals surface area contributed by atoms with E-state index in [-0.39, 0.29) is 0 Å². The Morgan fingerprint density at radius 2 is 1.61 bits per heavy atom. The van der Waals surface area contributed by atoms with Gasteiger partial charge in [-0.1, -0.05) is 61.5 Å². The Kier molecular flexibility index (Phi) is 3.16. The highest BCUT2D eigenvalue weighted by Crippen LogP contribution is 2.34. The highest BCUT2D eigenvalue weighted by molar-refractivity contribution is 5.41. The van der Waals surface area contributed by atoms with Gasteiger partial charge in [-0.15, -0.1) is 0 Å². The molecule has 0 amide bonds. The van der Waals surface area contributed by atoms with Crippen LogP contribution in [0.15, 0.2) is 54.6 Å². The molecule has 1 aliphatic heterocycles. The van der Waals surface area contributed by atoms with Crippen LogP contribution in [0.3, 0.4) is 0 Å². The molecule has 0 aromatic heterocycles. The third-order valence-corrected chi connectivity index (χ3v) is 3.94. The van der Waals surface area contributed by atoms with E-state index in [4.69, 9.17) is 0 Å². The van der Waals surface area contributed by atoms with Gasteiger partial charge >= 0.3 is 0 Å². The van der Waals surface area contributed by atoms with E-state index in [9.17, 15) is 0 Å². The lowest BCUT2D eigenvalue weighted by molar-refractivity contribution is 0.487. The molecule has 2 aromatic carbocycles. The molecule has 0 radical (unpaired) electrons. The van der Waals surface area contributed by atoms with E-state index < -0.39 is 0 Å². The van der Waals surface area contributed by atoms with Crippen molar-refractivity contribution in [3.8, 4) is 0 Å². The van der Waals surface area contributed by atoms with Gasteiger partial charge in [0.15, 0.2) is 0 Å². The zero-order chi connectivity index (χ0) is 12.4. The number of benzene rings is 2. The van der Waals surface area contributed by atoms with Gasteiger partial charge in [0.2, 0.25) is 0 Å². The summed E-state index contributed by atoms with van der Waals surface area (Å²) in [5, 5.41) is 3.69. The Bertz CT molecular complexity index is 518. The van der Waals surface area contributed by atoms with Crippen LogP contribution in [-0.4, -0.2) is 6.54 Å². The van der Waals surface area contributed by atoms with E-state index in [1.807, 2.05) is 0 Å². The Balaban J connectivity index is 2.04. The van der Waals surface area contributed by atoms with Crippen LogP contribution < -0.4 is 5.32 Å². The van der Waals surface area contributed by atoms with E-state index in [1.54, 1.807) is 0 Å².